The number of nitrogens with one attached hydrogen (secondary N) is 1. The molecule has 0 aromatic carbocycles. The van der Waals surface area contributed by atoms with Crippen molar-refractivity contribution in [2.75, 3.05) is 39.1 Å². The molecule has 0 saturated carbocycles. The summed E-state index contributed by atoms with van der Waals surface area (Å²) in [6, 6.07) is 3.39. The van der Waals surface area contributed by atoms with E-state index in [-0.39, 0.29) is 5.97 Å². The summed E-state index contributed by atoms with van der Waals surface area (Å²) in [5, 5.41) is 3.31. The molecule has 1 saturated heterocycles. The van der Waals surface area contributed by atoms with Crippen LogP contribution in [0.2, 0.25) is 0 Å². The third-order valence-corrected chi connectivity index (χ3v) is 3.47. The second-order valence-electron chi connectivity index (χ2n) is 5.07. The van der Waals surface area contributed by atoms with Gasteiger partial charge in [-0.15, -0.1) is 0 Å². The molecule has 1 aliphatic heterocycles. The maximum Gasteiger partial charge on any atom is 0.338 e. The molecule has 5 nitrogen and oxygen atoms in total. The van der Waals surface area contributed by atoms with Gasteiger partial charge >= 0.3 is 5.97 Å². The predicted molar refractivity (Wildman–Crippen MR) is 74.3 cm³/mol. The van der Waals surface area contributed by atoms with Gasteiger partial charge in [-0.05, 0) is 44.5 Å². The van der Waals surface area contributed by atoms with Crippen molar-refractivity contribution in [1.29, 1.82) is 0 Å². The number of methoxy groups -OCH3 is 1. The smallest absolute Gasteiger partial charge is 0.338 e. The number of carbonyl (C=O) groups excluding carboxylic acids is 1. The van der Waals surface area contributed by atoms with Crippen LogP contribution in [0.3, 0.4) is 0 Å². The molecule has 1 N–H and O–H groups in total. The number of hydrogen-bond acceptors (Lipinski definition) is 5. The largest absolute Gasteiger partial charge is 0.465 e. The van der Waals surface area contributed by atoms with E-state index in [1.807, 2.05) is 0 Å². The molecule has 2 heterocycles. The van der Waals surface area contributed by atoms with Gasteiger partial charge in [0.1, 0.15) is 5.82 Å². The highest BCUT2D eigenvalue weighted by atomic mass is 16.5. The molecule has 0 bridgehead atoms. The molecule has 0 amide bonds. The molecule has 1 aromatic heterocycles. The molecule has 0 radical (unpaired) electrons. The van der Waals surface area contributed by atoms with Crippen LogP contribution in [0.15, 0.2) is 18.3 Å². The van der Waals surface area contributed by atoms with Crippen molar-refractivity contribution in [3.05, 3.63) is 23.9 Å². The number of hydrogen-bond donors (Lipinski definition) is 1. The predicted octanol–water partition coefficient (Wildman–Crippen LogP) is 1.62. The van der Waals surface area contributed by atoms with Crippen LogP contribution in [0.25, 0.3) is 0 Å². The molecule has 1 aromatic rings. The number of aromatic nitrogens is 1. The van der Waals surface area contributed by atoms with Gasteiger partial charge in [0.2, 0.25) is 0 Å². The van der Waals surface area contributed by atoms with E-state index in [9.17, 15) is 4.79 Å². The number of pyridine rings is 1. The zero-order chi connectivity index (χ0) is 13.7. The molecule has 5 heteroatoms. The Labute approximate surface area is 114 Å². The van der Waals surface area contributed by atoms with E-state index < -0.39 is 0 Å². The lowest BCUT2D eigenvalue weighted by molar-refractivity contribution is 0.0600. The van der Waals surface area contributed by atoms with Gasteiger partial charge in [0, 0.05) is 19.3 Å². The fourth-order valence-corrected chi connectivity index (χ4v) is 2.46. The molecule has 0 spiro atoms. The molecule has 2 rings (SSSR count). The maximum atomic E-state index is 11.4. The number of ether oxygens (including phenoxy) is 1. The van der Waals surface area contributed by atoms with E-state index >= 15 is 0 Å². The minimum Gasteiger partial charge on any atom is -0.465 e. The van der Waals surface area contributed by atoms with E-state index in [1.165, 1.54) is 26.5 Å². The Bertz CT molecular complexity index is 436. The van der Waals surface area contributed by atoms with Gasteiger partial charge in [-0.25, -0.2) is 9.78 Å². The number of piperidine rings is 1. The summed E-state index contributed by atoms with van der Waals surface area (Å²) in [5.74, 6) is 1.04. The summed E-state index contributed by atoms with van der Waals surface area (Å²) in [5.41, 5.74) is 0.528. The summed E-state index contributed by atoms with van der Waals surface area (Å²) in [4.78, 5) is 18.0. The third kappa shape index (κ3) is 3.92. The number of nitrogens with zero attached hydrogens (tertiary/aromatic N) is 2. The number of anilines is 1. The summed E-state index contributed by atoms with van der Waals surface area (Å²) in [6.45, 7) is 3.19. The first-order valence-corrected chi connectivity index (χ1v) is 6.66. The van der Waals surface area contributed by atoms with E-state index in [4.69, 9.17) is 4.74 Å². The number of rotatable bonds is 4. The number of carbonyl (C=O) groups is 1. The second-order valence-corrected chi connectivity index (χ2v) is 5.07. The van der Waals surface area contributed by atoms with Crippen molar-refractivity contribution in [1.82, 2.24) is 9.88 Å². The van der Waals surface area contributed by atoms with Crippen molar-refractivity contribution < 1.29 is 9.53 Å². The molecule has 1 fully saturated rings. The Kier molecular flexibility index (Phi) is 4.74. The van der Waals surface area contributed by atoms with Crippen LogP contribution in [0.5, 0.6) is 0 Å². The summed E-state index contributed by atoms with van der Waals surface area (Å²) in [6.07, 6.45) is 4.12. The van der Waals surface area contributed by atoms with Gasteiger partial charge in [-0.1, -0.05) is 0 Å². The quantitative estimate of drug-likeness (QED) is 0.837. The topological polar surface area (TPSA) is 54.5 Å². The van der Waals surface area contributed by atoms with Gasteiger partial charge in [0.15, 0.2) is 0 Å². The normalized spacial score (nSPS) is 20.0. The highest BCUT2D eigenvalue weighted by Gasteiger charge is 2.17. The fraction of sp³-hybridized carbons (Fsp3) is 0.571. The van der Waals surface area contributed by atoms with Gasteiger partial charge < -0.3 is 15.0 Å². The third-order valence-electron chi connectivity index (χ3n) is 3.47. The van der Waals surface area contributed by atoms with E-state index in [1.54, 1.807) is 18.3 Å². The lowest BCUT2D eigenvalue weighted by Gasteiger charge is -2.29. The molecular formula is C14H21N3O2. The van der Waals surface area contributed by atoms with Gasteiger partial charge in [-0.2, -0.15) is 0 Å². The molecule has 1 aliphatic rings. The summed E-state index contributed by atoms with van der Waals surface area (Å²) in [7, 11) is 3.54. The average Bonchev–Trinajstić information content (AvgIpc) is 2.45. The first-order chi connectivity index (χ1) is 9.19. The maximum absolute atomic E-state index is 11.4. The zero-order valence-electron chi connectivity index (χ0n) is 11.6. The van der Waals surface area contributed by atoms with Crippen LogP contribution in [-0.4, -0.2) is 49.6 Å². The van der Waals surface area contributed by atoms with Gasteiger partial charge in [-0.3, -0.25) is 0 Å². The van der Waals surface area contributed by atoms with E-state index in [0.717, 1.165) is 18.9 Å². The molecule has 1 unspecified atom stereocenters. The average molecular weight is 263 g/mol. The van der Waals surface area contributed by atoms with Crippen molar-refractivity contribution >= 4 is 11.8 Å². The van der Waals surface area contributed by atoms with Crippen LogP contribution in [0.4, 0.5) is 5.82 Å². The summed E-state index contributed by atoms with van der Waals surface area (Å²) >= 11 is 0. The molecule has 0 aliphatic carbocycles. The Hall–Kier alpha value is -1.62. The Balaban J connectivity index is 1.90. The Morgan fingerprint density at radius 2 is 2.47 bits per heavy atom. The van der Waals surface area contributed by atoms with Crippen LogP contribution in [0.1, 0.15) is 23.2 Å². The standard InChI is InChI=1S/C14H21N3O2/c1-17-7-3-4-11(10-17)9-16-13-8-12(5-6-15-13)14(18)19-2/h5-6,8,11H,3-4,7,9-10H2,1-2H3,(H,15,16). The molecular weight excluding hydrogens is 242 g/mol. The van der Waals surface area contributed by atoms with Gasteiger partial charge in [0.05, 0.1) is 12.7 Å². The van der Waals surface area contributed by atoms with E-state index in [2.05, 4.69) is 22.2 Å². The second kappa shape index (κ2) is 6.52. The highest BCUT2D eigenvalue weighted by Crippen LogP contribution is 2.16. The van der Waals surface area contributed by atoms with Crippen molar-refractivity contribution in [2.45, 2.75) is 12.8 Å². The van der Waals surface area contributed by atoms with Crippen LogP contribution in [0, 0.1) is 5.92 Å². The SMILES string of the molecule is COC(=O)c1ccnc(NCC2CCCN(C)C2)c1. The lowest BCUT2D eigenvalue weighted by Crippen LogP contribution is -2.35. The van der Waals surface area contributed by atoms with Crippen molar-refractivity contribution in [2.24, 2.45) is 5.92 Å². The summed E-state index contributed by atoms with van der Waals surface area (Å²) < 4.78 is 4.70. The van der Waals surface area contributed by atoms with Crippen LogP contribution in [-0.2, 0) is 4.74 Å². The number of likely N-dealkylation sites (tertiary alicyclic amines) is 1. The first-order valence-electron chi connectivity index (χ1n) is 6.66. The molecule has 19 heavy (non-hydrogen) atoms. The zero-order valence-corrected chi connectivity index (χ0v) is 11.6. The van der Waals surface area contributed by atoms with Crippen LogP contribution >= 0.6 is 0 Å². The van der Waals surface area contributed by atoms with Gasteiger partial charge in [0.25, 0.3) is 0 Å². The number of esters is 1. The van der Waals surface area contributed by atoms with Crippen molar-refractivity contribution in [3.63, 3.8) is 0 Å². The minimum atomic E-state index is -0.331. The first kappa shape index (κ1) is 13.8. The Morgan fingerprint density at radius 3 is 3.21 bits per heavy atom. The molecule has 1 atom stereocenters. The lowest BCUT2D eigenvalue weighted by atomic mass is 9.98. The minimum absolute atomic E-state index is 0.331. The molecule has 104 valence electrons. The van der Waals surface area contributed by atoms with E-state index in [0.29, 0.717) is 11.5 Å². The monoisotopic (exact) mass is 263 g/mol. The van der Waals surface area contributed by atoms with Crippen LogP contribution < -0.4 is 5.32 Å². The van der Waals surface area contributed by atoms with Crippen molar-refractivity contribution in [3.8, 4) is 0 Å². The Morgan fingerprint density at radius 1 is 1.63 bits per heavy atom. The fourth-order valence-electron chi connectivity index (χ4n) is 2.46. The highest BCUT2D eigenvalue weighted by molar-refractivity contribution is 5.89.